The lowest BCUT2D eigenvalue weighted by Crippen LogP contribution is -2.25. The largest absolute Gasteiger partial charge is 0.461 e. The van der Waals surface area contributed by atoms with Gasteiger partial charge in [0.15, 0.2) is 0 Å². The Morgan fingerprint density at radius 1 is 1.38 bits per heavy atom. The number of nitro benzene ring substituents is 1. The lowest BCUT2D eigenvalue weighted by molar-refractivity contribution is -0.384. The van der Waals surface area contributed by atoms with Crippen LogP contribution in [0.3, 0.4) is 0 Å². The van der Waals surface area contributed by atoms with Crippen LogP contribution >= 0.6 is 0 Å². The van der Waals surface area contributed by atoms with Crippen LogP contribution in [0.2, 0.25) is 0 Å². The van der Waals surface area contributed by atoms with Crippen molar-refractivity contribution in [2.24, 2.45) is 0 Å². The van der Waals surface area contributed by atoms with E-state index in [1.54, 1.807) is 19.1 Å². The van der Waals surface area contributed by atoms with Gasteiger partial charge in [-0.2, -0.15) is 0 Å². The predicted molar refractivity (Wildman–Crippen MR) is 79.3 cm³/mol. The quantitative estimate of drug-likeness (QED) is 0.512. The lowest BCUT2D eigenvalue weighted by atomic mass is 9.98. The van der Waals surface area contributed by atoms with Gasteiger partial charge in [-0.05, 0) is 44.2 Å². The van der Waals surface area contributed by atoms with Crippen molar-refractivity contribution >= 4 is 17.3 Å². The maximum atomic E-state index is 11.8. The van der Waals surface area contributed by atoms with Crippen LogP contribution in [0, 0.1) is 17.0 Å². The highest BCUT2D eigenvalue weighted by Gasteiger charge is 2.19. The maximum Gasteiger partial charge on any atom is 0.325 e. The standard InChI is InChI=1S/C15H20N2O4/c1-11-7-8-13(14(9-11)17(19)20)16-10-15(18)21-12-5-3-2-4-6-12/h7-9,12,16H,2-6,10H2,1H3. The molecule has 1 aromatic carbocycles. The number of rotatable bonds is 5. The Balaban J connectivity index is 1.90. The van der Waals surface area contributed by atoms with E-state index in [1.807, 2.05) is 0 Å². The molecule has 0 atom stereocenters. The van der Waals surface area contributed by atoms with E-state index in [2.05, 4.69) is 5.32 Å². The summed E-state index contributed by atoms with van der Waals surface area (Å²) in [5.74, 6) is -0.364. The van der Waals surface area contributed by atoms with Crippen molar-refractivity contribution in [2.75, 3.05) is 11.9 Å². The van der Waals surface area contributed by atoms with Gasteiger partial charge in [0.1, 0.15) is 18.3 Å². The van der Waals surface area contributed by atoms with Crippen molar-refractivity contribution in [3.05, 3.63) is 33.9 Å². The SMILES string of the molecule is Cc1ccc(NCC(=O)OC2CCCCC2)c([N+](=O)[O-])c1. The highest BCUT2D eigenvalue weighted by Crippen LogP contribution is 2.25. The minimum atomic E-state index is -0.457. The molecule has 0 heterocycles. The number of carbonyl (C=O) groups excluding carboxylic acids is 1. The fourth-order valence-corrected chi connectivity index (χ4v) is 2.52. The van der Waals surface area contributed by atoms with Crippen molar-refractivity contribution in [2.45, 2.75) is 45.1 Å². The minimum Gasteiger partial charge on any atom is -0.461 e. The molecule has 6 heteroatoms. The molecule has 6 nitrogen and oxygen atoms in total. The van der Waals surface area contributed by atoms with Crippen LogP contribution in [0.5, 0.6) is 0 Å². The predicted octanol–water partition coefficient (Wildman–Crippen LogP) is 3.19. The van der Waals surface area contributed by atoms with Gasteiger partial charge < -0.3 is 10.1 Å². The second-order valence-corrected chi connectivity index (χ2v) is 5.38. The number of nitrogens with one attached hydrogen (secondary N) is 1. The number of aryl methyl sites for hydroxylation is 1. The fourth-order valence-electron chi connectivity index (χ4n) is 2.52. The number of benzene rings is 1. The number of hydrogen-bond acceptors (Lipinski definition) is 5. The second-order valence-electron chi connectivity index (χ2n) is 5.38. The Hall–Kier alpha value is -2.11. The van der Waals surface area contributed by atoms with E-state index < -0.39 is 4.92 Å². The van der Waals surface area contributed by atoms with Gasteiger partial charge in [-0.25, -0.2) is 0 Å². The first kappa shape index (κ1) is 15.3. The van der Waals surface area contributed by atoms with Crippen LogP contribution in [-0.4, -0.2) is 23.5 Å². The van der Waals surface area contributed by atoms with Gasteiger partial charge in [-0.15, -0.1) is 0 Å². The van der Waals surface area contributed by atoms with Crippen LogP contribution in [-0.2, 0) is 9.53 Å². The summed E-state index contributed by atoms with van der Waals surface area (Å²) in [6.07, 6.45) is 5.21. The number of anilines is 1. The summed E-state index contributed by atoms with van der Waals surface area (Å²) < 4.78 is 5.37. The first-order chi connectivity index (χ1) is 10.1. The molecule has 1 N–H and O–H groups in total. The topological polar surface area (TPSA) is 81.5 Å². The molecule has 2 rings (SSSR count). The molecule has 114 valence electrons. The molecule has 0 saturated heterocycles. The van der Waals surface area contributed by atoms with Crippen LogP contribution < -0.4 is 5.32 Å². The number of nitrogens with zero attached hydrogens (tertiary/aromatic N) is 1. The monoisotopic (exact) mass is 292 g/mol. The summed E-state index contributed by atoms with van der Waals surface area (Å²) >= 11 is 0. The zero-order valence-corrected chi connectivity index (χ0v) is 12.1. The molecule has 1 aromatic rings. The van der Waals surface area contributed by atoms with Crippen LogP contribution in [0.4, 0.5) is 11.4 Å². The smallest absolute Gasteiger partial charge is 0.325 e. The Morgan fingerprint density at radius 3 is 2.76 bits per heavy atom. The average Bonchev–Trinajstić information content (AvgIpc) is 2.47. The normalized spacial score (nSPS) is 15.5. The van der Waals surface area contributed by atoms with E-state index in [1.165, 1.54) is 12.5 Å². The molecule has 1 fully saturated rings. The number of carbonyl (C=O) groups is 1. The molecule has 0 aromatic heterocycles. The number of ether oxygens (including phenoxy) is 1. The molecule has 0 unspecified atom stereocenters. The third-order valence-corrected chi connectivity index (χ3v) is 3.62. The third kappa shape index (κ3) is 4.44. The van der Waals surface area contributed by atoms with E-state index in [9.17, 15) is 14.9 Å². The molecule has 21 heavy (non-hydrogen) atoms. The first-order valence-electron chi connectivity index (χ1n) is 7.24. The van der Waals surface area contributed by atoms with Crippen molar-refractivity contribution in [1.82, 2.24) is 0 Å². The van der Waals surface area contributed by atoms with Gasteiger partial charge in [-0.1, -0.05) is 12.5 Å². The number of hydrogen-bond donors (Lipinski definition) is 1. The van der Waals surface area contributed by atoms with Crippen molar-refractivity contribution in [3.8, 4) is 0 Å². The van der Waals surface area contributed by atoms with E-state index in [0.29, 0.717) is 5.69 Å². The van der Waals surface area contributed by atoms with Gasteiger partial charge in [-0.3, -0.25) is 14.9 Å². The summed E-state index contributed by atoms with van der Waals surface area (Å²) in [5.41, 5.74) is 1.11. The van der Waals surface area contributed by atoms with Gasteiger partial charge in [0, 0.05) is 6.07 Å². The Kier molecular flexibility index (Phi) is 5.14. The highest BCUT2D eigenvalue weighted by atomic mass is 16.6. The molecular formula is C15H20N2O4. The summed E-state index contributed by atoms with van der Waals surface area (Å²) in [6.45, 7) is 1.73. The molecule has 0 bridgehead atoms. The molecule has 1 aliphatic carbocycles. The molecule has 0 radical (unpaired) electrons. The van der Waals surface area contributed by atoms with Crippen LogP contribution in [0.25, 0.3) is 0 Å². The van der Waals surface area contributed by atoms with E-state index in [-0.39, 0.29) is 24.3 Å². The van der Waals surface area contributed by atoms with E-state index >= 15 is 0 Å². The average molecular weight is 292 g/mol. The van der Waals surface area contributed by atoms with Crippen LogP contribution in [0.1, 0.15) is 37.7 Å². The molecule has 1 saturated carbocycles. The van der Waals surface area contributed by atoms with Crippen molar-refractivity contribution in [3.63, 3.8) is 0 Å². The first-order valence-corrected chi connectivity index (χ1v) is 7.24. The molecular weight excluding hydrogens is 272 g/mol. The molecule has 0 spiro atoms. The Labute approximate surface area is 123 Å². The third-order valence-electron chi connectivity index (χ3n) is 3.62. The van der Waals surface area contributed by atoms with Gasteiger partial charge in [0.05, 0.1) is 4.92 Å². The number of nitro groups is 1. The Bertz CT molecular complexity index is 524. The summed E-state index contributed by atoms with van der Waals surface area (Å²) in [7, 11) is 0. The zero-order valence-electron chi connectivity index (χ0n) is 12.1. The molecule has 0 aliphatic heterocycles. The van der Waals surface area contributed by atoms with E-state index in [0.717, 1.165) is 31.2 Å². The summed E-state index contributed by atoms with van der Waals surface area (Å²) in [5, 5.41) is 13.8. The lowest BCUT2D eigenvalue weighted by Gasteiger charge is -2.21. The molecule has 1 aliphatic rings. The second kappa shape index (κ2) is 7.06. The summed E-state index contributed by atoms with van der Waals surface area (Å²) in [4.78, 5) is 22.3. The minimum absolute atomic E-state index is 0.000976. The summed E-state index contributed by atoms with van der Waals surface area (Å²) in [6, 6.07) is 4.86. The van der Waals surface area contributed by atoms with Crippen molar-refractivity contribution in [1.29, 1.82) is 0 Å². The zero-order chi connectivity index (χ0) is 15.2. The molecule has 0 amide bonds. The number of esters is 1. The van der Waals surface area contributed by atoms with E-state index in [4.69, 9.17) is 4.74 Å². The van der Waals surface area contributed by atoms with Gasteiger partial charge in [0.25, 0.3) is 5.69 Å². The maximum absolute atomic E-state index is 11.8. The fraction of sp³-hybridized carbons (Fsp3) is 0.533. The van der Waals surface area contributed by atoms with Crippen LogP contribution in [0.15, 0.2) is 18.2 Å². The highest BCUT2D eigenvalue weighted by molar-refractivity contribution is 5.77. The van der Waals surface area contributed by atoms with Crippen molar-refractivity contribution < 1.29 is 14.5 Å². The van der Waals surface area contributed by atoms with Gasteiger partial charge in [0.2, 0.25) is 0 Å². The van der Waals surface area contributed by atoms with Gasteiger partial charge >= 0.3 is 5.97 Å². The Morgan fingerprint density at radius 2 is 2.10 bits per heavy atom.